The van der Waals surface area contributed by atoms with Crippen molar-refractivity contribution in [3.8, 4) is 10.6 Å². The Balaban J connectivity index is 2.24. The highest BCUT2D eigenvalue weighted by atomic mass is 32.1. The molecule has 0 saturated heterocycles. The normalized spacial score (nSPS) is 11.2. The van der Waals surface area contributed by atoms with E-state index in [1.54, 1.807) is 6.20 Å². The molecule has 0 fully saturated rings. The fourth-order valence-corrected chi connectivity index (χ4v) is 3.37. The fraction of sp³-hybridized carbons (Fsp3) is 0.188. The van der Waals surface area contributed by atoms with Crippen molar-refractivity contribution in [2.45, 2.75) is 19.8 Å². The number of nitrogens with zero attached hydrogens (tertiary/aromatic N) is 2. The quantitative estimate of drug-likeness (QED) is 0.788. The first kappa shape index (κ1) is 13.7. The third-order valence-electron chi connectivity index (χ3n) is 3.27. The zero-order chi connectivity index (χ0) is 15.0. The fourth-order valence-electron chi connectivity index (χ4n) is 2.27. The monoisotopic (exact) mass is 298 g/mol. The third-order valence-corrected chi connectivity index (χ3v) is 4.37. The summed E-state index contributed by atoms with van der Waals surface area (Å²) in [7, 11) is 0. The second kappa shape index (κ2) is 5.26. The van der Waals surface area contributed by atoms with Gasteiger partial charge in [0.2, 0.25) is 0 Å². The van der Waals surface area contributed by atoms with E-state index in [2.05, 4.69) is 9.97 Å². The average molecular weight is 298 g/mol. The van der Waals surface area contributed by atoms with Crippen molar-refractivity contribution in [2.75, 3.05) is 0 Å². The molecule has 2 heterocycles. The molecule has 3 rings (SSSR count). The molecule has 0 saturated carbocycles. The maximum absolute atomic E-state index is 11.4. The molecule has 21 heavy (non-hydrogen) atoms. The van der Waals surface area contributed by atoms with Gasteiger partial charge in [0.1, 0.15) is 9.88 Å². The van der Waals surface area contributed by atoms with Crippen LogP contribution in [0.15, 0.2) is 36.5 Å². The van der Waals surface area contributed by atoms with E-state index < -0.39 is 5.97 Å². The summed E-state index contributed by atoms with van der Waals surface area (Å²) in [5.74, 6) is -0.838. The molecule has 3 aromatic rings. The molecule has 1 N–H and O–H groups in total. The second-order valence-electron chi connectivity index (χ2n) is 5.07. The molecule has 0 radical (unpaired) electrons. The summed E-state index contributed by atoms with van der Waals surface area (Å²) in [6.07, 6.45) is 1.73. The summed E-state index contributed by atoms with van der Waals surface area (Å²) in [6.45, 7) is 3.91. The van der Waals surface area contributed by atoms with E-state index in [0.717, 1.165) is 21.5 Å². The number of para-hydroxylation sites is 1. The van der Waals surface area contributed by atoms with Gasteiger partial charge in [-0.2, -0.15) is 0 Å². The summed E-state index contributed by atoms with van der Waals surface area (Å²) in [5.41, 5.74) is 2.46. The number of benzene rings is 1. The minimum atomic E-state index is -0.916. The van der Waals surface area contributed by atoms with E-state index in [-0.39, 0.29) is 5.92 Å². The molecule has 0 aliphatic carbocycles. The van der Waals surface area contributed by atoms with Gasteiger partial charge in [0.25, 0.3) is 0 Å². The van der Waals surface area contributed by atoms with Gasteiger partial charge >= 0.3 is 5.97 Å². The Kier molecular flexibility index (Phi) is 3.43. The van der Waals surface area contributed by atoms with Crippen molar-refractivity contribution in [1.82, 2.24) is 9.97 Å². The number of carbonyl (C=O) groups is 1. The van der Waals surface area contributed by atoms with Crippen molar-refractivity contribution in [3.05, 3.63) is 47.1 Å². The minimum absolute atomic E-state index is 0.0780. The Bertz CT molecular complexity index is 819. The van der Waals surface area contributed by atoms with Crippen molar-refractivity contribution in [3.63, 3.8) is 0 Å². The Morgan fingerprint density at radius 2 is 2.00 bits per heavy atom. The van der Waals surface area contributed by atoms with Crippen molar-refractivity contribution in [2.24, 2.45) is 0 Å². The molecule has 2 aromatic heterocycles. The lowest BCUT2D eigenvalue weighted by Crippen LogP contribution is -2.00. The van der Waals surface area contributed by atoms with E-state index >= 15 is 0 Å². The Labute approximate surface area is 126 Å². The van der Waals surface area contributed by atoms with Gasteiger partial charge in [-0.25, -0.2) is 9.78 Å². The lowest BCUT2D eigenvalue weighted by atomic mass is 10.1. The molecule has 0 amide bonds. The lowest BCUT2D eigenvalue weighted by molar-refractivity contribution is 0.0700. The maximum atomic E-state index is 11.4. The number of carboxylic acids is 1. The highest BCUT2D eigenvalue weighted by Crippen LogP contribution is 2.34. The number of aromatic nitrogens is 2. The molecule has 106 valence electrons. The van der Waals surface area contributed by atoms with Crippen LogP contribution < -0.4 is 0 Å². The number of fused-ring (bicyclic) bond motifs is 1. The van der Waals surface area contributed by atoms with Crippen LogP contribution in [0.3, 0.4) is 0 Å². The Morgan fingerprint density at radius 3 is 2.67 bits per heavy atom. The number of hydrogen-bond acceptors (Lipinski definition) is 4. The van der Waals surface area contributed by atoms with E-state index in [0.29, 0.717) is 10.6 Å². The second-order valence-corrected chi connectivity index (χ2v) is 6.07. The summed E-state index contributed by atoms with van der Waals surface area (Å²) in [4.78, 5) is 20.6. The van der Waals surface area contributed by atoms with Gasteiger partial charge in [-0.15, -0.1) is 11.3 Å². The molecule has 0 aliphatic heterocycles. The largest absolute Gasteiger partial charge is 0.477 e. The summed E-state index contributed by atoms with van der Waals surface area (Å²) < 4.78 is 0. The van der Waals surface area contributed by atoms with Crippen LogP contribution in [0.5, 0.6) is 0 Å². The van der Waals surface area contributed by atoms with Crippen LogP contribution in [0, 0.1) is 0 Å². The van der Waals surface area contributed by atoms with Gasteiger partial charge in [-0.1, -0.05) is 32.0 Å². The molecule has 0 atom stereocenters. The molecular formula is C16H14N2O2S. The zero-order valence-electron chi connectivity index (χ0n) is 11.7. The zero-order valence-corrected chi connectivity index (χ0v) is 12.5. The Morgan fingerprint density at radius 1 is 1.24 bits per heavy atom. The summed E-state index contributed by atoms with van der Waals surface area (Å²) >= 11 is 1.23. The standard InChI is InChI=1S/C16H14N2O2S/c1-9(2)13-14(16(19)20)21-15(18-13)11-7-8-17-12-6-4-3-5-10(11)12/h3-9H,1-2H3,(H,19,20). The van der Waals surface area contributed by atoms with Crippen LogP contribution in [0.4, 0.5) is 0 Å². The number of pyridine rings is 1. The summed E-state index contributed by atoms with van der Waals surface area (Å²) in [5, 5.41) is 11.1. The molecule has 0 bridgehead atoms. The highest BCUT2D eigenvalue weighted by molar-refractivity contribution is 7.17. The maximum Gasteiger partial charge on any atom is 0.347 e. The van der Waals surface area contributed by atoms with Crippen LogP contribution in [0.25, 0.3) is 21.5 Å². The molecule has 4 nitrogen and oxygen atoms in total. The molecule has 1 aromatic carbocycles. The molecular weight excluding hydrogens is 284 g/mol. The van der Waals surface area contributed by atoms with E-state index in [9.17, 15) is 9.90 Å². The predicted octanol–water partition coefficient (Wildman–Crippen LogP) is 4.18. The van der Waals surface area contributed by atoms with Crippen molar-refractivity contribution >= 4 is 28.2 Å². The molecule has 0 spiro atoms. The van der Waals surface area contributed by atoms with Gasteiger partial charge in [-0.3, -0.25) is 4.98 Å². The number of aromatic carboxylic acids is 1. The van der Waals surface area contributed by atoms with Crippen LogP contribution in [0.2, 0.25) is 0 Å². The molecule has 0 unspecified atom stereocenters. The first-order valence-electron chi connectivity index (χ1n) is 6.66. The van der Waals surface area contributed by atoms with Gasteiger partial charge < -0.3 is 5.11 Å². The molecule has 5 heteroatoms. The first-order valence-corrected chi connectivity index (χ1v) is 7.47. The van der Waals surface area contributed by atoms with E-state index in [1.807, 2.05) is 44.2 Å². The van der Waals surface area contributed by atoms with Crippen LogP contribution in [-0.4, -0.2) is 21.0 Å². The highest BCUT2D eigenvalue weighted by Gasteiger charge is 2.21. The Hall–Kier alpha value is -2.27. The summed E-state index contributed by atoms with van der Waals surface area (Å²) in [6, 6.07) is 9.69. The SMILES string of the molecule is CC(C)c1nc(-c2ccnc3ccccc23)sc1C(=O)O. The van der Waals surface area contributed by atoms with Gasteiger partial charge in [0.15, 0.2) is 0 Å². The van der Waals surface area contributed by atoms with Crippen LogP contribution >= 0.6 is 11.3 Å². The van der Waals surface area contributed by atoms with E-state index in [4.69, 9.17) is 0 Å². The predicted molar refractivity (Wildman–Crippen MR) is 83.9 cm³/mol. The number of thiazole rings is 1. The smallest absolute Gasteiger partial charge is 0.347 e. The topological polar surface area (TPSA) is 63.1 Å². The van der Waals surface area contributed by atoms with Gasteiger partial charge in [0, 0.05) is 17.1 Å². The third kappa shape index (κ3) is 2.40. The van der Waals surface area contributed by atoms with Crippen molar-refractivity contribution in [1.29, 1.82) is 0 Å². The number of hydrogen-bond donors (Lipinski definition) is 1. The van der Waals surface area contributed by atoms with Crippen LogP contribution in [-0.2, 0) is 0 Å². The van der Waals surface area contributed by atoms with Crippen molar-refractivity contribution < 1.29 is 9.90 Å². The first-order chi connectivity index (χ1) is 10.1. The number of carboxylic acid groups (broad SMARTS) is 1. The minimum Gasteiger partial charge on any atom is -0.477 e. The number of rotatable bonds is 3. The van der Waals surface area contributed by atoms with Gasteiger partial charge in [-0.05, 0) is 18.1 Å². The van der Waals surface area contributed by atoms with Crippen LogP contribution in [0.1, 0.15) is 35.1 Å². The average Bonchev–Trinajstić information content (AvgIpc) is 2.92. The van der Waals surface area contributed by atoms with Gasteiger partial charge in [0.05, 0.1) is 11.2 Å². The van der Waals surface area contributed by atoms with E-state index in [1.165, 1.54) is 11.3 Å². The molecule has 0 aliphatic rings. The lowest BCUT2D eigenvalue weighted by Gasteiger charge is -2.02.